The topological polar surface area (TPSA) is 17.3 Å². The molecule has 0 spiro atoms. The predicted molar refractivity (Wildman–Crippen MR) is 97.8 cm³/mol. The second-order valence-corrected chi connectivity index (χ2v) is 6.28. The molecule has 0 saturated carbocycles. The summed E-state index contributed by atoms with van der Waals surface area (Å²) in [6.45, 7) is 0. The van der Waals surface area contributed by atoms with E-state index in [2.05, 4.69) is 71.6 Å². The normalized spacial score (nSPS) is 11.0. The lowest BCUT2D eigenvalue weighted by atomic mass is 10.1. The van der Waals surface area contributed by atoms with Crippen LogP contribution in [0.4, 0.5) is 0 Å². The van der Waals surface area contributed by atoms with Gasteiger partial charge in [-0.1, -0.05) is 42.5 Å². The highest BCUT2D eigenvalue weighted by Crippen LogP contribution is 2.25. The lowest BCUT2D eigenvalue weighted by molar-refractivity contribution is 1.19. The van der Waals surface area contributed by atoms with E-state index in [1.54, 1.807) is 11.8 Å². The first-order valence-electron chi connectivity index (χ1n) is 7.52. The molecule has 4 rings (SSSR count). The molecule has 0 N–H and O–H groups in total. The number of thioether (sulfide) groups is 1. The first-order valence-corrected chi connectivity index (χ1v) is 8.74. The van der Waals surface area contributed by atoms with E-state index in [4.69, 9.17) is 4.98 Å². The quantitative estimate of drug-likeness (QED) is 0.471. The Morgan fingerprint density at radius 1 is 0.739 bits per heavy atom. The van der Waals surface area contributed by atoms with Crippen molar-refractivity contribution in [3.8, 4) is 22.4 Å². The number of hydrogen-bond acceptors (Lipinski definition) is 2. The van der Waals surface area contributed by atoms with E-state index in [1.165, 1.54) is 16.0 Å². The summed E-state index contributed by atoms with van der Waals surface area (Å²) in [4.78, 5) is 5.99. The molecule has 0 radical (unpaired) electrons. The van der Waals surface area contributed by atoms with Crippen LogP contribution in [0.15, 0.2) is 84.0 Å². The van der Waals surface area contributed by atoms with E-state index in [-0.39, 0.29) is 0 Å². The van der Waals surface area contributed by atoms with Crippen molar-refractivity contribution < 1.29 is 0 Å². The fourth-order valence-corrected chi connectivity index (χ4v) is 3.10. The number of rotatable bonds is 3. The first kappa shape index (κ1) is 14.1. The second-order valence-electron chi connectivity index (χ2n) is 5.40. The summed E-state index contributed by atoms with van der Waals surface area (Å²) in [7, 11) is 0. The van der Waals surface area contributed by atoms with Crippen molar-refractivity contribution in [2.24, 2.45) is 0 Å². The number of fused-ring (bicyclic) bond motifs is 1. The van der Waals surface area contributed by atoms with E-state index in [9.17, 15) is 0 Å². The van der Waals surface area contributed by atoms with E-state index >= 15 is 0 Å². The van der Waals surface area contributed by atoms with Gasteiger partial charge in [-0.25, -0.2) is 4.98 Å². The Hall–Kier alpha value is -2.52. The molecule has 2 aromatic heterocycles. The summed E-state index contributed by atoms with van der Waals surface area (Å²) in [6, 6.07) is 23.1. The van der Waals surface area contributed by atoms with Crippen LogP contribution >= 0.6 is 11.8 Å². The number of aromatic nitrogens is 2. The molecular weight excluding hydrogens is 300 g/mol. The van der Waals surface area contributed by atoms with Crippen LogP contribution in [-0.2, 0) is 0 Å². The highest BCUT2D eigenvalue weighted by molar-refractivity contribution is 7.98. The minimum atomic E-state index is 0.966. The zero-order chi connectivity index (χ0) is 15.6. The van der Waals surface area contributed by atoms with E-state index in [0.29, 0.717) is 0 Å². The predicted octanol–water partition coefficient (Wildman–Crippen LogP) is 5.39. The van der Waals surface area contributed by atoms with E-state index in [0.717, 1.165) is 16.9 Å². The Bertz CT molecular complexity index is 940. The summed E-state index contributed by atoms with van der Waals surface area (Å²) < 4.78 is 2.10. The van der Waals surface area contributed by atoms with Crippen LogP contribution < -0.4 is 0 Å². The maximum atomic E-state index is 4.70. The van der Waals surface area contributed by atoms with Gasteiger partial charge in [-0.2, -0.15) is 0 Å². The van der Waals surface area contributed by atoms with Gasteiger partial charge >= 0.3 is 0 Å². The third-order valence-corrected chi connectivity index (χ3v) is 4.69. The van der Waals surface area contributed by atoms with Crippen molar-refractivity contribution in [1.82, 2.24) is 9.38 Å². The second kappa shape index (κ2) is 5.94. The Morgan fingerprint density at radius 2 is 1.48 bits per heavy atom. The van der Waals surface area contributed by atoms with Crippen LogP contribution in [0.2, 0.25) is 0 Å². The Kier molecular flexibility index (Phi) is 3.64. The van der Waals surface area contributed by atoms with Gasteiger partial charge in [-0.05, 0) is 41.6 Å². The number of pyridine rings is 1. The molecule has 23 heavy (non-hydrogen) atoms. The van der Waals surface area contributed by atoms with Gasteiger partial charge in [0.15, 0.2) is 0 Å². The molecule has 2 heterocycles. The molecule has 0 aliphatic carbocycles. The van der Waals surface area contributed by atoms with Gasteiger partial charge in [0.25, 0.3) is 0 Å². The first-order chi connectivity index (χ1) is 11.3. The van der Waals surface area contributed by atoms with Gasteiger partial charge in [-0.3, -0.25) is 0 Å². The molecule has 0 saturated heterocycles. The van der Waals surface area contributed by atoms with E-state index < -0.39 is 0 Å². The van der Waals surface area contributed by atoms with Crippen LogP contribution in [0.1, 0.15) is 0 Å². The molecule has 4 aromatic rings. The average Bonchev–Trinajstić information content (AvgIpc) is 3.06. The van der Waals surface area contributed by atoms with Gasteiger partial charge < -0.3 is 4.40 Å². The zero-order valence-electron chi connectivity index (χ0n) is 12.8. The van der Waals surface area contributed by atoms with Crippen molar-refractivity contribution in [2.75, 3.05) is 6.26 Å². The van der Waals surface area contributed by atoms with Gasteiger partial charge in [0.05, 0.1) is 5.69 Å². The van der Waals surface area contributed by atoms with Crippen molar-refractivity contribution in [2.45, 2.75) is 4.90 Å². The molecule has 0 aliphatic rings. The van der Waals surface area contributed by atoms with Gasteiger partial charge in [-0.15, -0.1) is 11.8 Å². The van der Waals surface area contributed by atoms with Crippen LogP contribution in [0, 0.1) is 0 Å². The summed E-state index contributed by atoms with van der Waals surface area (Å²) in [5.74, 6) is 0. The average molecular weight is 316 g/mol. The minimum Gasteiger partial charge on any atom is -0.306 e. The largest absolute Gasteiger partial charge is 0.306 e. The summed E-state index contributed by atoms with van der Waals surface area (Å²) in [6.07, 6.45) is 6.32. The van der Waals surface area contributed by atoms with Gasteiger partial charge in [0, 0.05) is 22.9 Å². The Labute approximate surface area is 139 Å². The third-order valence-electron chi connectivity index (χ3n) is 3.94. The highest BCUT2D eigenvalue weighted by Gasteiger charge is 2.05. The van der Waals surface area contributed by atoms with Crippen LogP contribution in [0.5, 0.6) is 0 Å². The van der Waals surface area contributed by atoms with Crippen molar-refractivity contribution >= 4 is 17.4 Å². The molecule has 0 fully saturated rings. The maximum absolute atomic E-state index is 4.70. The third kappa shape index (κ3) is 2.76. The monoisotopic (exact) mass is 316 g/mol. The van der Waals surface area contributed by atoms with Crippen LogP contribution in [0.3, 0.4) is 0 Å². The highest BCUT2D eigenvalue weighted by atomic mass is 32.2. The molecule has 0 unspecified atom stereocenters. The number of hydrogen-bond donors (Lipinski definition) is 0. The van der Waals surface area contributed by atoms with Gasteiger partial charge in [0.2, 0.25) is 0 Å². The van der Waals surface area contributed by atoms with Crippen molar-refractivity contribution in [3.05, 3.63) is 79.1 Å². The van der Waals surface area contributed by atoms with Crippen LogP contribution in [-0.4, -0.2) is 15.6 Å². The molecule has 2 nitrogen and oxygen atoms in total. The number of imidazole rings is 1. The van der Waals surface area contributed by atoms with Crippen molar-refractivity contribution in [3.63, 3.8) is 0 Å². The Balaban J connectivity index is 1.75. The SMILES string of the molecule is CSc1ccc(-c2ccc3nc(-c4ccccc4)cn3c2)cc1. The molecule has 2 aromatic carbocycles. The Morgan fingerprint density at radius 3 is 2.22 bits per heavy atom. The fourth-order valence-electron chi connectivity index (χ4n) is 2.69. The summed E-state index contributed by atoms with van der Waals surface area (Å²) >= 11 is 1.76. The van der Waals surface area contributed by atoms with Crippen LogP contribution in [0.25, 0.3) is 28.0 Å². The molecule has 0 aliphatic heterocycles. The zero-order valence-corrected chi connectivity index (χ0v) is 13.6. The standard InChI is InChI=1S/C20H16N2S/c1-23-18-10-7-15(8-11-18)17-9-12-20-21-19(14-22(20)13-17)16-5-3-2-4-6-16/h2-14H,1H3. The number of nitrogens with zero attached hydrogens (tertiary/aromatic N) is 2. The summed E-state index contributed by atoms with van der Waals surface area (Å²) in [5.41, 5.74) is 5.53. The van der Waals surface area contributed by atoms with Crippen molar-refractivity contribution in [1.29, 1.82) is 0 Å². The molecule has 0 bridgehead atoms. The van der Waals surface area contributed by atoms with Gasteiger partial charge in [0.1, 0.15) is 5.65 Å². The molecule has 0 atom stereocenters. The molecule has 112 valence electrons. The lowest BCUT2D eigenvalue weighted by Crippen LogP contribution is -1.85. The molecule has 3 heteroatoms. The fraction of sp³-hybridized carbons (Fsp3) is 0.0500. The molecule has 0 amide bonds. The molecular formula is C20H16N2S. The number of benzene rings is 2. The minimum absolute atomic E-state index is 0.966. The maximum Gasteiger partial charge on any atom is 0.137 e. The smallest absolute Gasteiger partial charge is 0.137 e. The summed E-state index contributed by atoms with van der Waals surface area (Å²) in [5, 5.41) is 0. The van der Waals surface area contributed by atoms with E-state index in [1.807, 2.05) is 18.2 Å². The lowest BCUT2D eigenvalue weighted by Gasteiger charge is -2.03.